The topological polar surface area (TPSA) is 60.3 Å². The number of nitrogens with zero attached hydrogens (tertiary/aromatic N) is 4. The quantitative estimate of drug-likeness (QED) is 0.778. The number of likely N-dealkylation sites (tertiary alicyclic amines) is 1. The summed E-state index contributed by atoms with van der Waals surface area (Å²) in [5.41, 5.74) is 5.48. The lowest BCUT2D eigenvalue weighted by molar-refractivity contribution is -0.128. The second-order valence-corrected chi connectivity index (χ2v) is 9.59. The average Bonchev–Trinajstić information content (AvgIpc) is 3.45. The van der Waals surface area contributed by atoms with Crippen LogP contribution < -0.4 is 5.43 Å². The van der Waals surface area contributed by atoms with Crippen LogP contribution in [0.3, 0.4) is 0 Å². The summed E-state index contributed by atoms with van der Waals surface area (Å²) < 4.78 is 0. The number of amides is 1. The number of aliphatic imine (C=N–C) groups is 1. The van der Waals surface area contributed by atoms with Crippen molar-refractivity contribution in [3.8, 4) is 0 Å². The molecule has 0 bridgehead atoms. The number of hydrogen-bond donors (Lipinski definition) is 1. The molecule has 1 aliphatic carbocycles. The van der Waals surface area contributed by atoms with Gasteiger partial charge in [0.05, 0.1) is 0 Å². The van der Waals surface area contributed by atoms with Gasteiger partial charge < -0.3 is 15.2 Å². The Morgan fingerprint density at radius 1 is 1.23 bits per heavy atom. The molecule has 4 aliphatic heterocycles. The van der Waals surface area contributed by atoms with Crippen LogP contribution in [0.25, 0.3) is 0 Å². The van der Waals surface area contributed by atoms with Gasteiger partial charge in [-0.15, -0.1) is 0 Å². The molecule has 0 aromatic heterocycles. The maximum absolute atomic E-state index is 12.8. The molecule has 0 radical (unpaired) electrons. The van der Waals surface area contributed by atoms with Crippen molar-refractivity contribution in [3.63, 3.8) is 0 Å². The van der Waals surface area contributed by atoms with E-state index in [0.717, 1.165) is 76.2 Å². The Labute approximate surface area is 179 Å². The van der Waals surface area contributed by atoms with E-state index in [9.17, 15) is 4.79 Å². The number of amidine groups is 1. The lowest BCUT2D eigenvalue weighted by atomic mass is 9.89. The number of nitrogens with one attached hydrogen (secondary N) is 1. The average molecular weight is 408 g/mol. The van der Waals surface area contributed by atoms with Crippen molar-refractivity contribution in [2.45, 2.75) is 45.4 Å². The zero-order chi connectivity index (χ0) is 20.5. The Morgan fingerprint density at radius 2 is 2.10 bits per heavy atom. The van der Waals surface area contributed by atoms with E-state index in [1.807, 2.05) is 6.21 Å². The number of carbonyl (C=O) groups excluding carboxylic acids is 1. The van der Waals surface area contributed by atoms with Gasteiger partial charge in [0.1, 0.15) is 5.84 Å². The van der Waals surface area contributed by atoms with Gasteiger partial charge in [-0.25, -0.2) is 4.99 Å². The predicted octanol–water partition coefficient (Wildman–Crippen LogP) is 3.31. The van der Waals surface area contributed by atoms with Gasteiger partial charge >= 0.3 is 0 Å². The second kappa shape index (κ2) is 8.40. The molecule has 1 N–H and O–H groups in total. The van der Waals surface area contributed by atoms with Gasteiger partial charge in [0.2, 0.25) is 5.91 Å². The van der Waals surface area contributed by atoms with E-state index >= 15 is 0 Å². The van der Waals surface area contributed by atoms with Crippen molar-refractivity contribution in [2.75, 3.05) is 26.2 Å². The Hall–Kier alpha value is -2.37. The van der Waals surface area contributed by atoms with Crippen molar-refractivity contribution >= 4 is 18.0 Å². The highest BCUT2D eigenvalue weighted by atomic mass is 16.2. The number of carbonyl (C=O) groups is 1. The molecule has 160 valence electrons. The largest absolute Gasteiger partial charge is 0.339 e. The van der Waals surface area contributed by atoms with Gasteiger partial charge in [0.25, 0.3) is 0 Å². The Kier molecular flexibility index (Phi) is 5.48. The summed E-state index contributed by atoms with van der Waals surface area (Å²) in [5, 5.41) is 4.15. The lowest BCUT2D eigenvalue weighted by Crippen LogP contribution is -2.42. The van der Waals surface area contributed by atoms with Crippen molar-refractivity contribution in [2.24, 2.45) is 33.8 Å². The highest BCUT2D eigenvalue weighted by Crippen LogP contribution is 2.32. The minimum atomic E-state index is 0.292. The Morgan fingerprint density at radius 3 is 2.83 bits per heavy atom. The molecule has 0 spiro atoms. The van der Waals surface area contributed by atoms with Crippen LogP contribution in [0.2, 0.25) is 0 Å². The van der Waals surface area contributed by atoms with Gasteiger partial charge in [0, 0.05) is 62.2 Å². The summed E-state index contributed by atoms with van der Waals surface area (Å²) in [6, 6.07) is 0. The summed E-state index contributed by atoms with van der Waals surface area (Å²) in [4.78, 5) is 22.1. The van der Waals surface area contributed by atoms with Crippen LogP contribution in [0.5, 0.6) is 0 Å². The number of fused-ring (bicyclic) bond motifs is 1. The van der Waals surface area contributed by atoms with E-state index in [4.69, 9.17) is 4.99 Å². The number of hydrogen-bond acceptors (Lipinski definition) is 5. The molecule has 6 nitrogen and oxygen atoms in total. The molecule has 5 aliphatic rings. The van der Waals surface area contributed by atoms with E-state index in [2.05, 4.69) is 51.8 Å². The first-order chi connectivity index (χ1) is 14.7. The monoisotopic (exact) mass is 407 g/mol. The third-order valence-electron chi connectivity index (χ3n) is 7.38. The molecule has 5 rings (SSSR count). The first kappa shape index (κ1) is 19.6. The predicted molar refractivity (Wildman–Crippen MR) is 120 cm³/mol. The van der Waals surface area contributed by atoms with Gasteiger partial charge in [-0.3, -0.25) is 4.79 Å². The third kappa shape index (κ3) is 3.96. The molecule has 3 unspecified atom stereocenters. The lowest BCUT2D eigenvalue weighted by Gasteiger charge is -2.35. The molecule has 0 aromatic rings. The van der Waals surface area contributed by atoms with Crippen LogP contribution >= 0.6 is 0 Å². The molecule has 0 saturated carbocycles. The summed E-state index contributed by atoms with van der Waals surface area (Å²) in [5.74, 6) is 3.63. The molecule has 6 heteroatoms. The number of hydrazone groups is 1. The van der Waals surface area contributed by atoms with Crippen LogP contribution in [0.4, 0.5) is 0 Å². The van der Waals surface area contributed by atoms with E-state index < -0.39 is 0 Å². The van der Waals surface area contributed by atoms with Crippen molar-refractivity contribution < 1.29 is 4.79 Å². The highest BCUT2D eigenvalue weighted by Gasteiger charge is 2.33. The summed E-state index contributed by atoms with van der Waals surface area (Å²) in [7, 11) is 0. The molecular weight excluding hydrogens is 374 g/mol. The zero-order valence-corrected chi connectivity index (χ0v) is 18.0. The van der Waals surface area contributed by atoms with Crippen molar-refractivity contribution in [1.29, 1.82) is 0 Å². The summed E-state index contributed by atoms with van der Waals surface area (Å²) in [6.45, 7) is 5.96. The summed E-state index contributed by atoms with van der Waals surface area (Å²) in [6.07, 6.45) is 17.2. The molecular formula is C24H33N5O. The molecule has 3 atom stereocenters. The SMILES string of the molecule is CC1CC=C(C(=O)N2CCC(CN3C=CC4CC(C5C=NNC5)=CN=C43)CC2)CC1. The molecule has 1 saturated heterocycles. The fraction of sp³-hybridized carbons (Fsp3) is 0.625. The Balaban J connectivity index is 1.14. The van der Waals surface area contributed by atoms with E-state index in [1.54, 1.807) is 0 Å². The first-order valence-electron chi connectivity index (χ1n) is 11.6. The van der Waals surface area contributed by atoms with Crippen molar-refractivity contribution in [1.82, 2.24) is 15.2 Å². The fourth-order valence-electron chi connectivity index (χ4n) is 5.30. The van der Waals surface area contributed by atoms with E-state index in [0.29, 0.717) is 23.7 Å². The smallest absolute Gasteiger partial charge is 0.249 e. The Bertz CT molecular complexity index is 831. The second-order valence-electron chi connectivity index (χ2n) is 9.59. The minimum Gasteiger partial charge on any atom is -0.339 e. The zero-order valence-electron chi connectivity index (χ0n) is 18.0. The van der Waals surface area contributed by atoms with Gasteiger partial charge in [-0.1, -0.05) is 19.1 Å². The number of allylic oxidation sites excluding steroid dienone is 1. The minimum absolute atomic E-state index is 0.292. The van der Waals surface area contributed by atoms with Crippen molar-refractivity contribution in [3.05, 3.63) is 35.7 Å². The fourth-order valence-corrected chi connectivity index (χ4v) is 5.30. The van der Waals surface area contributed by atoms with Gasteiger partial charge in [0.15, 0.2) is 0 Å². The number of rotatable bonds is 4. The maximum Gasteiger partial charge on any atom is 0.249 e. The molecule has 1 amide bonds. The molecule has 0 aromatic carbocycles. The van der Waals surface area contributed by atoms with E-state index in [-0.39, 0.29) is 0 Å². The van der Waals surface area contributed by atoms with Crippen LogP contribution in [0.1, 0.15) is 45.4 Å². The van der Waals surface area contributed by atoms with Crippen LogP contribution in [-0.2, 0) is 4.79 Å². The molecule has 1 fully saturated rings. The van der Waals surface area contributed by atoms with E-state index in [1.165, 1.54) is 11.4 Å². The normalized spacial score (nSPS) is 31.2. The standard InChI is InChI=1S/C24H33N5O/c1-17-2-4-19(5-3-17)24(30)28-9-6-18(7-10-28)16-29-11-8-20-12-21(13-25-23(20)29)22-14-26-27-15-22/h4,8,11,13-14,17-18,20,22,27H,2-3,5-7,9-10,12,15-16H2,1H3. The number of piperidine rings is 1. The molecule has 30 heavy (non-hydrogen) atoms. The third-order valence-corrected chi connectivity index (χ3v) is 7.38. The van der Waals surface area contributed by atoms with Crippen LogP contribution in [0, 0.1) is 23.7 Å². The van der Waals surface area contributed by atoms with Crippen LogP contribution in [0.15, 0.2) is 45.8 Å². The van der Waals surface area contributed by atoms with Gasteiger partial charge in [-0.2, -0.15) is 5.10 Å². The highest BCUT2D eigenvalue weighted by molar-refractivity contribution is 5.93. The van der Waals surface area contributed by atoms with Crippen LogP contribution in [-0.4, -0.2) is 53.9 Å². The first-order valence-corrected chi connectivity index (χ1v) is 11.6. The van der Waals surface area contributed by atoms with Gasteiger partial charge in [-0.05, 0) is 55.9 Å². The molecule has 4 heterocycles. The summed E-state index contributed by atoms with van der Waals surface area (Å²) >= 11 is 0. The maximum atomic E-state index is 12.8.